The minimum atomic E-state index is -3.97. The Labute approximate surface area is 148 Å². The summed E-state index contributed by atoms with van der Waals surface area (Å²) in [6, 6.07) is 1.52. The van der Waals surface area contributed by atoms with Crippen molar-refractivity contribution in [3.63, 3.8) is 0 Å². The van der Waals surface area contributed by atoms with Gasteiger partial charge < -0.3 is 0 Å². The molecule has 0 aromatic heterocycles. The molecule has 1 aliphatic rings. The summed E-state index contributed by atoms with van der Waals surface area (Å²) in [5.74, 6) is -0.270. The Morgan fingerprint density at radius 2 is 1.68 bits per heavy atom. The molecule has 0 spiro atoms. The standard InChI is InChI=1S/C15H22N2O6S2/c1-10-7-14(17(18)19)8-11(2)15(10)25(22,23)16(13-5-6-13)12(3)9-24(4,20)21/h7-8,12-13H,5-6,9H2,1-4H3/t12-/m1/s1. The van der Waals surface area contributed by atoms with E-state index in [0.717, 1.165) is 6.26 Å². The van der Waals surface area contributed by atoms with Crippen LogP contribution in [0.5, 0.6) is 0 Å². The van der Waals surface area contributed by atoms with E-state index in [9.17, 15) is 26.9 Å². The highest BCUT2D eigenvalue weighted by molar-refractivity contribution is 7.91. The van der Waals surface area contributed by atoms with Crippen LogP contribution in [0.25, 0.3) is 0 Å². The van der Waals surface area contributed by atoms with Crippen LogP contribution in [0.15, 0.2) is 17.0 Å². The number of sulfonamides is 1. The summed E-state index contributed by atoms with van der Waals surface area (Å²) in [6.45, 7) is 4.60. The fraction of sp³-hybridized carbons (Fsp3) is 0.600. The Hall–Kier alpha value is -1.52. The first kappa shape index (κ1) is 19.8. The van der Waals surface area contributed by atoms with Crippen molar-refractivity contribution in [3.8, 4) is 0 Å². The van der Waals surface area contributed by atoms with Crippen molar-refractivity contribution in [1.29, 1.82) is 0 Å². The molecule has 0 unspecified atom stereocenters. The second-order valence-corrected chi connectivity index (χ2v) is 10.6. The average molecular weight is 390 g/mol. The van der Waals surface area contributed by atoms with Crippen LogP contribution in [-0.4, -0.2) is 50.2 Å². The van der Waals surface area contributed by atoms with Gasteiger partial charge in [-0.05, 0) is 44.7 Å². The van der Waals surface area contributed by atoms with E-state index < -0.39 is 30.8 Å². The number of nitrogens with zero attached hydrogens (tertiary/aromatic N) is 2. The summed E-state index contributed by atoms with van der Waals surface area (Å²) in [7, 11) is -7.32. The van der Waals surface area contributed by atoms with Crippen molar-refractivity contribution >= 4 is 25.5 Å². The van der Waals surface area contributed by atoms with Crippen molar-refractivity contribution < 1.29 is 21.8 Å². The first-order chi connectivity index (χ1) is 11.3. The molecule has 1 aliphatic carbocycles. The van der Waals surface area contributed by atoms with Crippen molar-refractivity contribution in [2.24, 2.45) is 0 Å². The number of hydrogen-bond donors (Lipinski definition) is 0. The predicted octanol–water partition coefficient (Wildman–Crippen LogP) is 1.80. The van der Waals surface area contributed by atoms with Crippen molar-refractivity contribution in [3.05, 3.63) is 33.4 Å². The van der Waals surface area contributed by atoms with Gasteiger partial charge in [0, 0.05) is 30.5 Å². The molecule has 1 saturated carbocycles. The van der Waals surface area contributed by atoms with Gasteiger partial charge in [0.2, 0.25) is 10.0 Å². The molecule has 0 bridgehead atoms. The van der Waals surface area contributed by atoms with E-state index in [4.69, 9.17) is 0 Å². The summed E-state index contributed by atoms with van der Waals surface area (Å²) in [6.07, 6.45) is 2.43. The molecule has 140 valence electrons. The fourth-order valence-electron chi connectivity index (χ4n) is 3.18. The maximum atomic E-state index is 13.2. The third-order valence-electron chi connectivity index (χ3n) is 4.08. The molecule has 0 N–H and O–H groups in total. The van der Waals surface area contributed by atoms with Crippen molar-refractivity contribution in [2.45, 2.75) is 50.6 Å². The molecule has 0 heterocycles. The van der Waals surface area contributed by atoms with Gasteiger partial charge in [-0.1, -0.05) is 0 Å². The molecular formula is C15H22N2O6S2. The Balaban J connectivity index is 2.53. The number of hydrogen-bond acceptors (Lipinski definition) is 6. The summed E-state index contributed by atoms with van der Waals surface area (Å²) < 4.78 is 50.9. The zero-order valence-electron chi connectivity index (χ0n) is 14.6. The van der Waals surface area contributed by atoms with Gasteiger partial charge in [0.05, 0.1) is 15.6 Å². The molecule has 0 aliphatic heterocycles. The second kappa shape index (κ2) is 6.65. The summed E-state index contributed by atoms with van der Waals surface area (Å²) in [4.78, 5) is 10.4. The highest BCUT2D eigenvalue weighted by Crippen LogP contribution is 2.37. The van der Waals surface area contributed by atoms with E-state index in [2.05, 4.69) is 0 Å². The number of non-ortho nitro benzene ring substituents is 1. The van der Waals surface area contributed by atoms with Crippen LogP contribution in [0.1, 0.15) is 30.9 Å². The zero-order chi connectivity index (χ0) is 19.2. The van der Waals surface area contributed by atoms with Gasteiger partial charge >= 0.3 is 0 Å². The minimum Gasteiger partial charge on any atom is -0.258 e. The monoisotopic (exact) mass is 390 g/mol. The lowest BCUT2D eigenvalue weighted by atomic mass is 10.1. The molecule has 0 saturated heterocycles. The van der Waals surface area contributed by atoms with Crippen LogP contribution < -0.4 is 0 Å². The van der Waals surface area contributed by atoms with Crippen LogP contribution in [0, 0.1) is 24.0 Å². The molecule has 1 fully saturated rings. The van der Waals surface area contributed by atoms with Gasteiger partial charge in [-0.3, -0.25) is 10.1 Å². The quantitative estimate of drug-likeness (QED) is 0.518. The highest BCUT2D eigenvalue weighted by Gasteiger charge is 2.43. The lowest BCUT2D eigenvalue weighted by Gasteiger charge is -2.29. The molecule has 1 aromatic rings. The predicted molar refractivity (Wildman–Crippen MR) is 93.8 cm³/mol. The van der Waals surface area contributed by atoms with Gasteiger partial charge in [-0.25, -0.2) is 16.8 Å². The first-order valence-electron chi connectivity index (χ1n) is 7.81. The number of nitro benzene ring substituents is 1. The molecule has 10 heteroatoms. The van der Waals surface area contributed by atoms with Gasteiger partial charge in [-0.15, -0.1) is 0 Å². The van der Waals surface area contributed by atoms with E-state index >= 15 is 0 Å². The van der Waals surface area contributed by atoms with E-state index in [-0.39, 0.29) is 33.5 Å². The van der Waals surface area contributed by atoms with Crippen LogP contribution in [-0.2, 0) is 19.9 Å². The maximum Gasteiger partial charge on any atom is 0.270 e. The van der Waals surface area contributed by atoms with E-state index in [1.807, 2.05) is 0 Å². The lowest BCUT2D eigenvalue weighted by Crippen LogP contribution is -2.44. The Morgan fingerprint density at radius 3 is 2.04 bits per heavy atom. The number of aryl methyl sites for hydroxylation is 2. The number of rotatable bonds is 7. The first-order valence-corrected chi connectivity index (χ1v) is 11.3. The molecular weight excluding hydrogens is 368 g/mol. The van der Waals surface area contributed by atoms with Gasteiger partial charge in [0.25, 0.3) is 5.69 Å². The van der Waals surface area contributed by atoms with E-state index in [1.165, 1.54) is 30.3 Å². The molecule has 2 rings (SSSR count). The Morgan fingerprint density at radius 1 is 1.20 bits per heavy atom. The summed E-state index contributed by atoms with van der Waals surface area (Å²) in [5, 5.41) is 11.0. The van der Waals surface area contributed by atoms with Gasteiger partial charge in [0.15, 0.2) is 0 Å². The smallest absolute Gasteiger partial charge is 0.258 e. The SMILES string of the molecule is Cc1cc([N+](=O)[O-])cc(C)c1S(=O)(=O)N(C1CC1)[C@H](C)CS(C)(=O)=O. The molecule has 1 atom stereocenters. The maximum absolute atomic E-state index is 13.2. The van der Waals surface area contributed by atoms with Crippen LogP contribution in [0.4, 0.5) is 5.69 Å². The minimum absolute atomic E-state index is 0.0188. The largest absolute Gasteiger partial charge is 0.270 e. The molecule has 0 radical (unpaired) electrons. The molecule has 25 heavy (non-hydrogen) atoms. The van der Waals surface area contributed by atoms with Crippen LogP contribution in [0.2, 0.25) is 0 Å². The average Bonchev–Trinajstić information content (AvgIpc) is 3.19. The molecule has 1 aromatic carbocycles. The van der Waals surface area contributed by atoms with Gasteiger partial charge in [-0.2, -0.15) is 4.31 Å². The Bertz CT molecular complexity index is 881. The van der Waals surface area contributed by atoms with Crippen LogP contribution >= 0.6 is 0 Å². The number of benzene rings is 1. The summed E-state index contributed by atoms with van der Waals surface area (Å²) in [5.41, 5.74) is 0.393. The highest BCUT2D eigenvalue weighted by atomic mass is 32.2. The van der Waals surface area contributed by atoms with Crippen LogP contribution in [0.3, 0.4) is 0 Å². The number of sulfone groups is 1. The number of nitro groups is 1. The zero-order valence-corrected chi connectivity index (χ0v) is 16.2. The third kappa shape index (κ3) is 4.36. The second-order valence-electron chi connectivity index (χ2n) is 6.67. The lowest BCUT2D eigenvalue weighted by molar-refractivity contribution is -0.385. The normalized spacial score (nSPS) is 16.8. The van der Waals surface area contributed by atoms with Gasteiger partial charge in [0.1, 0.15) is 9.84 Å². The third-order valence-corrected chi connectivity index (χ3v) is 7.54. The fourth-order valence-corrected chi connectivity index (χ4v) is 6.60. The molecule has 0 amide bonds. The topological polar surface area (TPSA) is 115 Å². The Kier molecular flexibility index (Phi) is 5.27. The van der Waals surface area contributed by atoms with E-state index in [1.54, 1.807) is 6.92 Å². The van der Waals surface area contributed by atoms with Crippen molar-refractivity contribution in [1.82, 2.24) is 4.31 Å². The summed E-state index contributed by atoms with van der Waals surface area (Å²) >= 11 is 0. The van der Waals surface area contributed by atoms with Crippen molar-refractivity contribution in [2.75, 3.05) is 12.0 Å². The van der Waals surface area contributed by atoms with E-state index in [0.29, 0.717) is 12.8 Å². The molecule has 8 nitrogen and oxygen atoms in total.